The number of para-hydroxylation sites is 1. The molecule has 0 aliphatic heterocycles. The highest BCUT2D eigenvalue weighted by Crippen LogP contribution is 2.32. The molecule has 0 unspecified atom stereocenters. The van der Waals surface area contributed by atoms with Crippen molar-refractivity contribution in [2.75, 3.05) is 0 Å². The zero-order chi connectivity index (χ0) is 16.7. The van der Waals surface area contributed by atoms with Gasteiger partial charge in [0.1, 0.15) is 16.9 Å². The zero-order valence-electron chi connectivity index (χ0n) is 12.3. The van der Waals surface area contributed by atoms with Gasteiger partial charge in [0.2, 0.25) is 0 Å². The van der Waals surface area contributed by atoms with Crippen molar-refractivity contribution < 1.29 is 9.52 Å². The van der Waals surface area contributed by atoms with Gasteiger partial charge in [0.05, 0.1) is 10.7 Å². The Morgan fingerprint density at radius 2 is 1.71 bits per heavy atom. The fourth-order valence-electron chi connectivity index (χ4n) is 2.62. The van der Waals surface area contributed by atoms with Crippen LogP contribution in [-0.4, -0.2) is 11.3 Å². The number of aliphatic imine (C=N–C) groups is 1. The van der Waals surface area contributed by atoms with Gasteiger partial charge in [0, 0.05) is 33.6 Å². The minimum absolute atomic E-state index is 0.0466. The molecule has 24 heavy (non-hydrogen) atoms. The molecule has 1 heterocycles. The number of benzene rings is 3. The molecular weight excluding hydrogens is 345 g/mol. The molecule has 118 valence electrons. The first-order valence-corrected chi connectivity index (χ1v) is 8.01. The van der Waals surface area contributed by atoms with E-state index in [4.69, 9.17) is 27.6 Å². The minimum atomic E-state index is -0.0466. The van der Waals surface area contributed by atoms with Gasteiger partial charge in [-0.05, 0) is 30.3 Å². The summed E-state index contributed by atoms with van der Waals surface area (Å²) in [5, 5.41) is 12.7. The van der Waals surface area contributed by atoms with Crippen LogP contribution in [-0.2, 0) is 0 Å². The third-order valence-corrected chi connectivity index (χ3v) is 4.28. The molecule has 0 saturated heterocycles. The molecule has 3 aromatic carbocycles. The van der Waals surface area contributed by atoms with Crippen molar-refractivity contribution >= 4 is 57.0 Å². The van der Waals surface area contributed by atoms with Crippen LogP contribution in [0.5, 0.6) is 5.75 Å². The lowest BCUT2D eigenvalue weighted by Gasteiger charge is -2.02. The van der Waals surface area contributed by atoms with Gasteiger partial charge in [-0.3, -0.25) is 4.99 Å². The summed E-state index contributed by atoms with van der Waals surface area (Å²) in [6.45, 7) is 0. The number of nitrogens with zero attached hydrogens (tertiary/aromatic N) is 1. The topological polar surface area (TPSA) is 45.7 Å². The fraction of sp³-hybridized carbons (Fsp3) is 0. The maximum Gasteiger partial charge on any atom is 0.143 e. The number of phenolic OH excluding ortho intramolecular Hbond substituents is 1. The van der Waals surface area contributed by atoms with Gasteiger partial charge in [-0.25, -0.2) is 0 Å². The second-order valence-corrected chi connectivity index (χ2v) is 6.21. The SMILES string of the molecule is Oc1c(Cl)cc(Cl)cc1C=Nc1ccc2c(c1)oc1ccccc12. The molecule has 0 amide bonds. The summed E-state index contributed by atoms with van der Waals surface area (Å²) in [4.78, 5) is 4.38. The Hall–Kier alpha value is -2.49. The molecule has 0 spiro atoms. The van der Waals surface area contributed by atoms with E-state index in [1.807, 2.05) is 42.5 Å². The molecular formula is C19H11Cl2NO2. The first-order valence-electron chi connectivity index (χ1n) is 7.25. The van der Waals surface area contributed by atoms with E-state index in [2.05, 4.69) is 4.99 Å². The second kappa shape index (κ2) is 5.86. The molecule has 3 nitrogen and oxygen atoms in total. The Labute approximate surface area is 147 Å². The van der Waals surface area contributed by atoms with E-state index in [0.29, 0.717) is 16.3 Å². The van der Waals surface area contributed by atoms with Gasteiger partial charge < -0.3 is 9.52 Å². The number of rotatable bonds is 2. The largest absolute Gasteiger partial charge is 0.506 e. The maximum absolute atomic E-state index is 9.97. The summed E-state index contributed by atoms with van der Waals surface area (Å²) in [5.74, 6) is -0.0466. The molecule has 4 aromatic rings. The predicted molar refractivity (Wildman–Crippen MR) is 99.1 cm³/mol. The summed E-state index contributed by atoms with van der Waals surface area (Å²) in [5.41, 5.74) is 2.77. The lowest BCUT2D eigenvalue weighted by molar-refractivity contribution is 0.475. The second-order valence-electron chi connectivity index (χ2n) is 5.36. The van der Waals surface area contributed by atoms with E-state index >= 15 is 0 Å². The number of phenols is 1. The van der Waals surface area contributed by atoms with Gasteiger partial charge >= 0.3 is 0 Å². The number of halogens is 2. The summed E-state index contributed by atoms with van der Waals surface area (Å²) in [7, 11) is 0. The summed E-state index contributed by atoms with van der Waals surface area (Å²) in [6, 6.07) is 16.7. The molecule has 5 heteroatoms. The number of hydrogen-bond donors (Lipinski definition) is 1. The molecule has 0 radical (unpaired) electrons. The van der Waals surface area contributed by atoms with E-state index in [1.165, 1.54) is 12.3 Å². The summed E-state index contributed by atoms with van der Waals surface area (Å²) in [6.07, 6.45) is 1.52. The van der Waals surface area contributed by atoms with Crippen LogP contribution >= 0.6 is 23.2 Å². The lowest BCUT2D eigenvalue weighted by atomic mass is 10.1. The van der Waals surface area contributed by atoms with Crippen molar-refractivity contribution in [3.8, 4) is 5.75 Å². The molecule has 1 N–H and O–H groups in total. The maximum atomic E-state index is 9.97. The van der Waals surface area contributed by atoms with Crippen LogP contribution in [0.1, 0.15) is 5.56 Å². The van der Waals surface area contributed by atoms with Gasteiger partial charge in [-0.15, -0.1) is 0 Å². The number of hydrogen-bond acceptors (Lipinski definition) is 3. The third kappa shape index (κ3) is 2.62. The summed E-state index contributed by atoms with van der Waals surface area (Å²) >= 11 is 11.9. The molecule has 0 aliphatic carbocycles. The fourth-order valence-corrected chi connectivity index (χ4v) is 3.13. The van der Waals surface area contributed by atoms with Crippen LogP contribution in [0.15, 0.2) is 64.0 Å². The predicted octanol–water partition coefficient (Wildman–Crippen LogP) is 6.35. The molecule has 4 rings (SSSR count). The van der Waals surface area contributed by atoms with Gasteiger partial charge in [0.25, 0.3) is 0 Å². The van der Waals surface area contributed by atoms with Gasteiger partial charge in [-0.2, -0.15) is 0 Å². The van der Waals surface area contributed by atoms with Crippen LogP contribution in [0.2, 0.25) is 10.0 Å². The Morgan fingerprint density at radius 3 is 2.58 bits per heavy atom. The number of fused-ring (bicyclic) bond motifs is 3. The van der Waals surface area contributed by atoms with Crippen molar-refractivity contribution in [3.05, 3.63) is 70.2 Å². The Kier molecular flexibility index (Phi) is 3.68. The van der Waals surface area contributed by atoms with Crippen molar-refractivity contribution in [1.29, 1.82) is 0 Å². The Morgan fingerprint density at radius 1 is 0.917 bits per heavy atom. The Bertz CT molecular complexity index is 1100. The quantitative estimate of drug-likeness (QED) is 0.426. The highest BCUT2D eigenvalue weighted by molar-refractivity contribution is 6.36. The number of furan rings is 1. The van der Waals surface area contributed by atoms with E-state index in [-0.39, 0.29) is 10.8 Å². The van der Waals surface area contributed by atoms with Crippen LogP contribution in [0.3, 0.4) is 0 Å². The normalized spacial score (nSPS) is 11.8. The Balaban J connectivity index is 1.76. The molecule has 0 fully saturated rings. The van der Waals surface area contributed by atoms with E-state index < -0.39 is 0 Å². The molecule has 0 bridgehead atoms. The highest BCUT2D eigenvalue weighted by atomic mass is 35.5. The minimum Gasteiger partial charge on any atom is -0.506 e. The standard InChI is InChI=1S/C19H11Cl2NO2/c20-12-7-11(19(23)16(21)8-12)10-22-13-5-6-15-14-3-1-2-4-17(14)24-18(15)9-13/h1-10,23H. The van der Waals surface area contributed by atoms with Crippen molar-refractivity contribution in [3.63, 3.8) is 0 Å². The monoisotopic (exact) mass is 355 g/mol. The smallest absolute Gasteiger partial charge is 0.143 e. The van der Waals surface area contributed by atoms with Gasteiger partial charge in [-0.1, -0.05) is 41.4 Å². The zero-order valence-corrected chi connectivity index (χ0v) is 13.8. The van der Waals surface area contributed by atoms with Crippen molar-refractivity contribution in [2.45, 2.75) is 0 Å². The van der Waals surface area contributed by atoms with Crippen LogP contribution < -0.4 is 0 Å². The lowest BCUT2D eigenvalue weighted by Crippen LogP contribution is -1.83. The molecule has 1 aromatic heterocycles. The number of aromatic hydroxyl groups is 1. The third-order valence-electron chi connectivity index (χ3n) is 3.77. The van der Waals surface area contributed by atoms with E-state index in [0.717, 1.165) is 21.9 Å². The first-order chi connectivity index (χ1) is 11.6. The van der Waals surface area contributed by atoms with Gasteiger partial charge in [0.15, 0.2) is 0 Å². The van der Waals surface area contributed by atoms with Crippen molar-refractivity contribution in [2.24, 2.45) is 4.99 Å². The van der Waals surface area contributed by atoms with Crippen molar-refractivity contribution in [1.82, 2.24) is 0 Å². The molecule has 0 aliphatic rings. The summed E-state index contributed by atoms with van der Waals surface area (Å²) < 4.78 is 5.84. The van der Waals surface area contributed by atoms with Crippen LogP contribution in [0.25, 0.3) is 21.9 Å². The van der Waals surface area contributed by atoms with E-state index in [1.54, 1.807) is 6.07 Å². The van der Waals surface area contributed by atoms with Crippen LogP contribution in [0, 0.1) is 0 Å². The van der Waals surface area contributed by atoms with Crippen LogP contribution in [0.4, 0.5) is 5.69 Å². The highest BCUT2D eigenvalue weighted by Gasteiger charge is 2.08. The molecule has 0 saturated carbocycles. The first kappa shape index (κ1) is 15.1. The molecule has 0 atom stereocenters. The van der Waals surface area contributed by atoms with E-state index in [9.17, 15) is 5.11 Å². The average Bonchev–Trinajstić information content (AvgIpc) is 2.94. The average molecular weight is 356 g/mol.